The summed E-state index contributed by atoms with van der Waals surface area (Å²) in [5, 5.41) is 8.27. The van der Waals surface area contributed by atoms with Gasteiger partial charge in [-0.3, -0.25) is 10.3 Å². The van der Waals surface area contributed by atoms with Crippen molar-refractivity contribution in [1.29, 1.82) is 0 Å². The minimum atomic E-state index is -0.327. The summed E-state index contributed by atoms with van der Waals surface area (Å²) >= 11 is 0. The smallest absolute Gasteiger partial charge is 0.320 e. The maximum absolute atomic E-state index is 11.2. The molecule has 1 heterocycles. The summed E-state index contributed by atoms with van der Waals surface area (Å²) in [7, 11) is 3.18. The Morgan fingerprint density at radius 2 is 2.05 bits per heavy atom. The molecule has 2 aromatic rings. The number of nitrogens with one attached hydrogen (secondary N) is 3. The fourth-order valence-electron chi connectivity index (χ4n) is 1.85. The second kappa shape index (κ2) is 7.26. The fourth-order valence-corrected chi connectivity index (χ4v) is 1.85. The molecule has 1 aromatic heterocycles. The number of carbonyl (C=O) groups is 1. The highest BCUT2D eigenvalue weighted by atomic mass is 16.5. The summed E-state index contributed by atoms with van der Waals surface area (Å²) in [6.45, 7) is 2.53. The van der Waals surface area contributed by atoms with Gasteiger partial charge < -0.3 is 15.4 Å². The largest absolute Gasteiger partial charge is 0.497 e. The second-order valence-corrected chi connectivity index (χ2v) is 4.69. The minimum Gasteiger partial charge on any atom is -0.497 e. The molecule has 0 unspecified atom stereocenters. The van der Waals surface area contributed by atoms with Crippen LogP contribution in [0.4, 0.5) is 16.3 Å². The van der Waals surface area contributed by atoms with Crippen LogP contribution in [-0.4, -0.2) is 30.2 Å². The topological polar surface area (TPSA) is 88.2 Å². The van der Waals surface area contributed by atoms with Crippen LogP contribution in [0.25, 0.3) is 0 Å². The van der Waals surface area contributed by atoms with E-state index in [-0.39, 0.29) is 6.03 Å². The molecule has 0 bridgehead atoms. The molecule has 22 heavy (non-hydrogen) atoms. The number of aromatic nitrogens is 2. The minimum absolute atomic E-state index is 0.327. The quantitative estimate of drug-likeness (QED) is 0.787. The molecule has 0 saturated carbocycles. The first kappa shape index (κ1) is 15.6. The van der Waals surface area contributed by atoms with Crippen LogP contribution in [0, 0.1) is 6.92 Å². The Hall–Kier alpha value is -2.83. The zero-order valence-electron chi connectivity index (χ0n) is 12.8. The van der Waals surface area contributed by atoms with Gasteiger partial charge in [-0.2, -0.15) is 0 Å². The number of anilines is 2. The first-order valence-corrected chi connectivity index (χ1v) is 6.80. The number of benzene rings is 1. The third-order valence-corrected chi connectivity index (χ3v) is 2.93. The maximum Gasteiger partial charge on any atom is 0.320 e. The molecule has 0 spiro atoms. The molecule has 116 valence electrons. The summed E-state index contributed by atoms with van der Waals surface area (Å²) in [4.78, 5) is 19.5. The Morgan fingerprint density at radius 1 is 1.23 bits per heavy atom. The monoisotopic (exact) mass is 301 g/mol. The van der Waals surface area contributed by atoms with Crippen LogP contribution in [0.2, 0.25) is 0 Å². The molecular formula is C15H19N5O2. The van der Waals surface area contributed by atoms with Crippen molar-refractivity contribution in [3.05, 3.63) is 41.9 Å². The molecule has 0 radical (unpaired) electrons. The first-order valence-electron chi connectivity index (χ1n) is 6.80. The molecule has 3 N–H and O–H groups in total. The lowest BCUT2D eigenvalue weighted by atomic mass is 10.2. The number of methoxy groups -OCH3 is 1. The molecule has 0 fully saturated rings. The van der Waals surface area contributed by atoms with Crippen LogP contribution in [0.15, 0.2) is 30.6 Å². The van der Waals surface area contributed by atoms with Crippen LogP contribution >= 0.6 is 0 Å². The van der Waals surface area contributed by atoms with Crippen molar-refractivity contribution in [3.8, 4) is 5.75 Å². The van der Waals surface area contributed by atoms with E-state index < -0.39 is 0 Å². The van der Waals surface area contributed by atoms with E-state index in [2.05, 4.69) is 25.9 Å². The van der Waals surface area contributed by atoms with Crippen LogP contribution in [-0.2, 0) is 6.54 Å². The molecule has 1 aromatic carbocycles. The molecule has 0 aliphatic heterocycles. The zero-order chi connectivity index (χ0) is 15.9. The van der Waals surface area contributed by atoms with E-state index >= 15 is 0 Å². The number of amides is 2. The van der Waals surface area contributed by atoms with Gasteiger partial charge in [0.05, 0.1) is 31.7 Å². The summed E-state index contributed by atoms with van der Waals surface area (Å²) in [5.41, 5.74) is 2.83. The number of carbonyl (C=O) groups excluding carboxylic acids is 1. The van der Waals surface area contributed by atoms with Gasteiger partial charge in [0.2, 0.25) is 0 Å². The van der Waals surface area contributed by atoms with Crippen LogP contribution in [0.1, 0.15) is 11.3 Å². The van der Waals surface area contributed by atoms with E-state index in [0.717, 1.165) is 22.7 Å². The lowest BCUT2D eigenvalue weighted by Crippen LogP contribution is -2.25. The normalized spacial score (nSPS) is 9.95. The number of nitrogens with zero attached hydrogens (tertiary/aromatic N) is 2. The summed E-state index contributed by atoms with van der Waals surface area (Å²) < 4.78 is 5.24. The predicted octanol–water partition coefficient (Wildman–Crippen LogP) is 2.16. The summed E-state index contributed by atoms with van der Waals surface area (Å²) in [5.74, 6) is 1.21. The average molecular weight is 301 g/mol. The van der Waals surface area contributed by atoms with Gasteiger partial charge in [-0.25, -0.2) is 9.78 Å². The van der Waals surface area contributed by atoms with Crippen molar-refractivity contribution >= 4 is 17.5 Å². The standard InChI is InChI=1S/C15H19N5O2/c1-10-4-11(6-13(5-10)22-3)17-7-12-8-19-14(9-18-12)20-15(21)16-2/h4-6,8-9,17H,7H2,1-3H3,(H2,16,19,20,21). The highest BCUT2D eigenvalue weighted by Gasteiger charge is 2.02. The summed E-state index contributed by atoms with van der Waals surface area (Å²) in [6.07, 6.45) is 3.13. The SMILES string of the molecule is CNC(=O)Nc1cnc(CNc2cc(C)cc(OC)c2)cn1. The van der Waals surface area contributed by atoms with Crippen LogP contribution < -0.4 is 20.7 Å². The van der Waals surface area contributed by atoms with E-state index in [0.29, 0.717) is 12.4 Å². The van der Waals surface area contributed by atoms with Gasteiger partial charge >= 0.3 is 6.03 Å². The van der Waals surface area contributed by atoms with Gasteiger partial charge in [0, 0.05) is 18.8 Å². The third-order valence-electron chi connectivity index (χ3n) is 2.93. The summed E-state index contributed by atoms with van der Waals surface area (Å²) in [6, 6.07) is 5.58. The fraction of sp³-hybridized carbons (Fsp3) is 0.267. The maximum atomic E-state index is 11.2. The van der Waals surface area contributed by atoms with Crippen molar-refractivity contribution in [2.24, 2.45) is 0 Å². The van der Waals surface area contributed by atoms with Crippen molar-refractivity contribution in [2.45, 2.75) is 13.5 Å². The highest BCUT2D eigenvalue weighted by Crippen LogP contribution is 2.20. The van der Waals surface area contributed by atoms with Crippen LogP contribution in [0.3, 0.4) is 0 Å². The van der Waals surface area contributed by atoms with Crippen LogP contribution in [0.5, 0.6) is 5.75 Å². The van der Waals surface area contributed by atoms with Gasteiger partial charge in [-0.15, -0.1) is 0 Å². The average Bonchev–Trinajstić information content (AvgIpc) is 2.53. The van der Waals surface area contributed by atoms with Gasteiger partial charge in [-0.1, -0.05) is 0 Å². The van der Waals surface area contributed by atoms with E-state index in [9.17, 15) is 4.79 Å². The number of aryl methyl sites for hydroxylation is 1. The Labute approximate surface area is 129 Å². The van der Waals surface area contributed by atoms with Crippen molar-refractivity contribution < 1.29 is 9.53 Å². The van der Waals surface area contributed by atoms with Crippen molar-refractivity contribution in [1.82, 2.24) is 15.3 Å². The molecule has 2 rings (SSSR count). The van der Waals surface area contributed by atoms with E-state index in [4.69, 9.17) is 4.74 Å². The Bertz CT molecular complexity index is 643. The number of rotatable bonds is 5. The molecule has 7 heteroatoms. The third kappa shape index (κ3) is 4.34. The van der Waals surface area contributed by atoms with Crippen molar-refractivity contribution in [3.63, 3.8) is 0 Å². The molecule has 7 nitrogen and oxygen atoms in total. The van der Waals surface area contributed by atoms with Gasteiger partial charge in [0.15, 0.2) is 5.82 Å². The van der Waals surface area contributed by atoms with E-state index in [1.165, 1.54) is 13.2 Å². The van der Waals surface area contributed by atoms with Gasteiger partial charge in [0.1, 0.15) is 5.75 Å². The number of ether oxygens (including phenoxy) is 1. The molecular weight excluding hydrogens is 282 g/mol. The Kier molecular flexibility index (Phi) is 5.13. The van der Waals surface area contributed by atoms with Gasteiger partial charge in [-0.05, 0) is 24.6 Å². The number of urea groups is 1. The van der Waals surface area contributed by atoms with Gasteiger partial charge in [0.25, 0.3) is 0 Å². The molecule has 0 atom stereocenters. The zero-order valence-corrected chi connectivity index (χ0v) is 12.8. The molecule has 2 amide bonds. The number of hydrogen-bond donors (Lipinski definition) is 3. The lowest BCUT2D eigenvalue weighted by molar-refractivity contribution is 0.254. The predicted molar refractivity (Wildman–Crippen MR) is 85.2 cm³/mol. The first-order chi connectivity index (χ1) is 10.6. The number of hydrogen-bond acceptors (Lipinski definition) is 5. The molecule has 0 aliphatic carbocycles. The van der Waals surface area contributed by atoms with Crippen molar-refractivity contribution in [2.75, 3.05) is 24.8 Å². The van der Waals surface area contributed by atoms with E-state index in [1.807, 2.05) is 25.1 Å². The lowest BCUT2D eigenvalue weighted by Gasteiger charge is -2.09. The second-order valence-electron chi connectivity index (χ2n) is 4.69. The Balaban J connectivity index is 1.97. The molecule has 0 aliphatic rings. The Morgan fingerprint density at radius 3 is 2.68 bits per heavy atom. The molecule has 0 saturated heterocycles. The highest BCUT2D eigenvalue weighted by molar-refractivity contribution is 5.87. The van der Waals surface area contributed by atoms with E-state index in [1.54, 1.807) is 13.3 Å².